The van der Waals surface area contributed by atoms with Crippen molar-refractivity contribution in [2.24, 2.45) is 0 Å². The van der Waals surface area contributed by atoms with E-state index in [-0.39, 0.29) is 6.42 Å². The maximum absolute atomic E-state index is 12.7. The zero-order valence-electron chi connectivity index (χ0n) is 18.8. The maximum atomic E-state index is 12.7. The van der Waals surface area contributed by atoms with Gasteiger partial charge in [-0.15, -0.1) is 0 Å². The molecule has 0 spiro atoms. The van der Waals surface area contributed by atoms with Gasteiger partial charge in [0.05, 0.1) is 16.4 Å². The van der Waals surface area contributed by atoms with Gasteiger partial charge in [0.1, 0.15) is 11.8 Å². The smallest absolute Gasteiger partial charge is 0.326 e. The summed E-state index contributed by atoms with van der Waals surface area (Å²) in [4.78, 5) is 43.2. The molecule has 35 heavy (non-hydrogen) atoms. The minimum Gasteiger partial charge on any atom is -0.480 e. The van der Waals surface area contributed by atoms with Gasteiger partial charge in [-0.05, 0) is 56.3 Å². The summed E-state index contributed by atoms with van der Waals surface area (Å²) in [5, 5.41) is 17.9. The number of carbonyl (C=O) groups excluding carboxylic acids is 2. The number of amides is 3. The molecule has 0 aliphatic carbocycles. The number of rotatable bonds is 9. The van der Waals surface area contributed by atoms with Crippen LogP contribution in [0.4, 0.5) is 16.2 Å². The van der Waals surface area contributed by atoms with Gasteiger partial charge in [0.25, 0.3) is 5.91 Å². The van der Waals surface area contributed by atoms with E-state index in [0.29, 0.717) is 32.9 Å². The average molecular weight is 520 g/mol. The topological polar surface area (TPSA) is 145 Å². The van der Waals surface area contributed by atoms with Crippen molar-refractivity contribution in [3.05, 3.63) is 70.7 Å². The number of hydrogen-bond acceptors (Lipinski definition) is 5. The van der Waals surface area contributed by atoms with Gasteiger partial charge >= 0.3 is 12.0 Å². The molecular weight excluding hydrogens is 497 g/mol. The summed E-state index contributed by atoms with van der Waals surface area (Å²) in [6.45, 7) is 3.04. The first-order valence-corrected chi connectivity index (χ1v) is 11.1. The van der Waals surface area contributed by atoms with Crippen LogP contribution in [0.5, 0.6) is 5.75 Å². The summed E-state index contributed by atoms with van der Waals surface area (Å²) in [6, 6.07) is 9.39. The van der Waals surface area contributed by atoms with Gasteiger partial charge in [0.15, 0.2) is 5.60 Å². The normalized spacial score (nSPS) is 11.9. The van der Waals surface area contributed by atoms with Crippen molar-refractivity contribution in [1.29, 1.82) is 0 Å². The predicted molar refractivity (Wildman–Crippen MR) is 132 cm³/mol. The predicted octanol–water partition coefficient (Wildman–Crippen LogP) is 4.33. The largest absolute Gasteiger partial charge is 0.480 e. The van der Waals surface area contributed by atoms with Crippen molar-refractivity contribution in [3.8, 4) is 5.75 Å². The fourth-order valence-electron chi connectivity index (χ4n) is 2.96. The van der Waals surface area contributed by atoms with Crippen molar-refractivity contribution in [1.82, 2.24) is 15.3 Å². The Kier molecular flexibility index (Phi) is 8.21. The van der Waals surface area contributed by atoms with Gasteiger partial charge in [-0.1, -0.05) is 23.2 Å². The first-order chi connectivity index (χ1) is 16.5. The molecule has 3 aromatic rings. The summed E-state index contributed by atoms with van der Waals surface area (Å²) >= 11 is 11.8. The van der Waals surface area contributed by atoms with Crippen molar-refractivity contribution in [2.75, 3.05) is 10.6 Å². The number of carboxylic acid groups (broad SMARTS) is 1. The lowest BCUT2D eigenvalue weighted by Gasteiger charge is -2.27. The Hall–Kier alpha value is -3.76. The average Bonchev–Trinajstić information content (AvgIpc) is 3.30. The van der Waals surface area contributed by atoms with Crippen LogP contribution in [-0.4, -0.2) is 44.6 Å². The third-order valence-corrected chi connectivity index (χ3v) is 5.53. The molecule has 1 heterocycles. The molecule has 0 radical (unpaired) electrons. The molecule has 3 rings (SSSR count). The second kappa shape index (κ2) is 11.1. The van der Waals surface area contributed by atoms with Crippen molar-refractivity contribution < 1.29 is 24.2 Å². The molecule has 0 fully saturated rings. The zero-order valence-corrected chi connectivity index (χ0v) is 20.3. The van der Waals surface area contributed by atoms with Gasteiger partial charge in [0.2, 0.25) is 0 Å². The molecule has 12 heteroatoms. The number of ether oxygens (including phenoxy) is 1. The summed E-state index contributed by atoms with van der Waals surface area (Å²) in [5.41, 5.74) is 0.143. The van der Waals surface area contributed by atoms with E-state index in [4.69, 9.17) is 27.9 Å². The quantitative estimate of drug-likeness (QED) is 0.284. The molecule has 3 amide bonds. The van der Waals surface area contributed by atoms with Crippen LogP contribution >= 0.6 is 23.2 Å². The number of carboxylic acids is 1. The molecule has 0 saturated heterocycles. The van der Waals surface area contributed by atoms with Gasteiger partial charge < -0.3 is 30.8 Å². The highest BCUT2D eigenvalue weighted by molar-refractivity contribution is 6.42. The van der Waals surface area contributed by atoms with Gasteiger partial charge in [-0.3, -0.25) is 4.79 Å². The Morgan fingerprint density at radius 1 is 1.06 bits per heavy atom. The maximum Gasteiger partial charge on any atom is 0.326 e. The molecular formula is C23H23Cl2N5O5. The Balaban J connectivity index is 1.56. The number of H-pyrrole nitrogens is 1. The lowest BCUT2D eigenvalue weighted by molar-refractivity contribution is -0.145. The Morgan fingerprint density at radius 2 is 1.71 bits per heavy atom. The summed E-state index contributed by atoms with van der Waals surface area (Å²) in [6.07, 6.45) is 2.96. The van der Waals surface area contributed by atoms with Crippen LogP contribution in [-0.2, 0) is 16.0 Å². The van der Waals surface area contributed by atoms with Crippen molar-refractivity contribution in [2.45, 2.75) is 31.9 Å². The van der Waals surface area contributed by atoms with E-state index in [2.05, 4.69) is 25.9 Å². The number of aliphatic carboxylic acids is 1. The van der Waals surface area contributed by atoms with E-state index < -0.39 is 29.6 Å². The zero-order chi connectivity index (χ0) is 25.6. The number of carbonyl (C=O) groups is 3. The highest BCUT2D eigenvalue weighted by atomic mass is 35.5. The van der Waals surface area contributed by atoms with Crippen LogP contribution in [0.1, 0.15) is 19.5 Å². The third kappa shape index (κ3) is 7.36. The van der Waals surface area contributed by atoms with Crippen molar-refractivity contribution >= 4 is 52.5 Å². The number of aromatic amines is 1. The Labute approximate surface area is 211 Å². The molecule has 0 aliphatic rings. The van der Waals surface area contributed by atoms with Crippen molar-refractivity contribution in [3.63, 3.8) is 0 Å². The molecule has 10 nitrogen and oxygen atoms in total. The lowest BCUT2D eigenvalue weighted by Crippen LogP contribution is -2.53. The van der Waals surface area contributed by atoms with E-state index in [1.165, 1.54) is 32.4 Å². The minimum absolute atomic E-state index is 0.0435. The van der Waals surface area contributed by atoms with E-state index >= 15 is 0 Å². The molecule has 0 bridgehead atoms. The second-order valence-electron chi connectivity index (χ2n) is 7.99. The third-order valence-electron chi connectivity index (χ3n) is 4.79. The summed E-state index contributed by atoms with van der Waals surface area (Å²) in [7, 11) is 0. The standard InChI is InChI=1S/C23H23Cl2N5O5/c1-23(2,21(33)30-19(20(31)32)10-15-11-26-12-27-15)35-16-6-3-13(4-7-16)28-22(34)29-14-5-8-17(24)18(25)9-14/h3-9,11-12,19H,10H2,1-2H3,(H,26,27)(H,30,33)(H,31,32)(H2,28,29,34). The van der Waals surface area contributed by atoms with Gasteiger partial charge in [-0.2, -0.15) is 0 Å². The second-order valence-corrected chi connectivity index (χ2v) is 8.80. The van der Waals surface area contributed by atoms with E-state index in [1.54, 1.807) is 36.4 Å². The molecule has 5 N–H and O–H groups in total. The van der Waals surface area contributed by atoms with Crippen LogP contribution in [0.2, 0.25) is 10.0 Å². The Morgan fingerprint density at radius 3 is 2.31 bits per heavy atom. The number of halogens is 2. The number of aromatic nitrogens is 2. The molecule has 1 atom stereocenters. The monoisotopic (exact) mass is 519 g/mol. The van der Waals surface area contributed by atoms with E-state index in [9.17, 15) is 19.5 Å². The number of anilines is 2. The van der Waals surface area contributed by atoms with Crippen LogP contribution in [0.25, 0.3) is 0 Å². The molecule has 1 unspecified atom stereocenters. The van der Waals surface area contributed by atoms with Gasteiger partial charge in [0, 0.05) is 29.7 Å². The fourth-order valence-corrected chi connectivity index (χ4v) is 3.26. The number of urea groups is 1. The van der Waals surface area contributed by atoms with Gasteiger partial charge in [-0.25, -0.2) is 14.6 Å². The summed E-state index contributed by atoms with van der Waals surface area (Å²) < 4.78 is 5.78. The highest BCUT2D eigenvalue weighted by Gasteiger charge is 2.33. The van der Waals surface area contributed by atoms with Crippen LogP contribution < -0.4 is 20.7 Å². The Bertz CT molecular complexity index is 1200. The first-order valence-electron chi connectivity index (χ1n) is 10.4. The lowest BCUT2D eigenvalue weighted by atomic mass is 10.1. The SMILES string of the molecule is CC(C)(Oc1ccc(NC(=O)Nc2ccc(Cl)c(Cl)c2)cc1)C(=O)NC(Cc1cnc[nH]1)C(=O)O. The molecule has 2 aromatic carbocycles. The first kappa shape index (κ1) is 25.9. The molecule has 1 aromatic heterocycles. The highest BCUT2D eigenvalue weighted by Crippen LogP contribution is 2.25. The van der Waals surface area contributed by atoms with Crippen LogP contribution in [0.3, 0.4) is 0 Å². The van der Waals surface area contributed by atoms with Crippen LogP contribution in [0, 0.1) is 0 Å². The minimum atomic E-state index is -1.37. The number of hydrogen-bond donors (Lipinski definition) is 5. The molecule has 184 valence electrons. The number of imidazole rings is 1. The van der Waals surface area contributed by atoms with E-state index in [1.807, 2.05) is 0 Å². The fraction of sp³-hybridized carbons (Fsp3) is 0.217. The number of benzene rings is 2. The number of nitrogens with one attached hydrogen (secondary N) is 4. The van der Waals surface area contributed by atoms with Crippen LogP contribution in [0.15, 0.2) is 55.0 Å². The summed E-state index contributed by atoms with van der Waals surface area (Å²) in [5.74, 6) is -1.44. The molecule has 0 aliphatic heterocycles. The molecule has 0 saturated carbocycles. The number of nitrogens with zero attached hydrogens (tertiary/aromatic N) is 1. The van der Waals surface area contributed by atoms with E-state index in [0.717, 1.165) is 0 Å².